The summed E-state index contributed by atoms with van der Waals surface area (Å²) in [6.45, 7) is 0. The quantitative estimate of drug-likeness (QED) is 0.393. The predicted molar refractivity (Wildman–Crippen MR) is 104 cm³/mol. The Bertz CT molecular complexity index is 1410. The van der Waals surface area contributed by atoms with E-state index in [2.05, 4.69) is 24.3 Å². The van der Waals surface area contributed by atoms with Crippen molar-refractivity contribution in [2.45, 2.75) is 4.90 Å². The lowest BCUT2D eigenvalue weighted by molar-refractivity contribution is 0.484. The maximum atomic E-state index is 11.9. The maximum Gasteiger partial charge on any atom is 0.295 e. The molecule has 5 aromatic rings. The van der Waals surface area contributed by atoms with E-state index < -0.39 is 10.1 Å². The summed E-state index contributed by atoms with van der Waals surface area (Å²) in [5.41, 5.74) is 0. The molecule has 3 nitrogen and oxygen atoms in total. The van der Waals surface area contributed by atoms with Gasteiger partial charge in [-0.25, -0.2) is 0 Å². The molecule has 0 atom stereocenters. The minimum absolute atomic E-state index is 0.0357. The second-order valence-corrected chi connectivity index (χ2v) is 8.48. The smallest absolute Gasteiger partial charge is 0.282 e. The Morgan fingerprint density at radius 1 is 0.760 bits per heavy atom. The maximum absolute atomic E-state index is 11.9. The van der Waals surface area contributed by atoms with Crippen LogP contribution in [0.25, 0.3) is 41.7 Å². The van der Waals surface area contributed by atoms with E-state index in [-0.39, 0.29) is 4.90 Å². The van der Waals surface area contributed by atoms with E-state index >= 15 is 0 Å². The molecule has 25 heavy (non-hydrogen) atoms. The van der Waals surface area contributed by atoms with E-state index in [9.17, 15) is 13.0 Å². The van der Waals surface area contributed by atoms with Crippen LogP contribution in [-0.4, -0.2) is 13.0 Å². The first kappa shape index (κ1) is 14.8. The third-order valence-corrected chi connectivity index (χ3v) is 6.69. The van der Waals surface area contributed by atoms with Crippen molar-refractivity contribution < 1.29 is 13.0 Å². The minimum atomic E-state index is -4.29. The van der Waals surface area contributed by atoms with Crippen LogP contribution in [0.2, 0.25) is 0 Å². The summed E-state index contributed by atoms with van der Waals surface area (Å²) in [5.74, 6) is 0. The lowest BCUT2D eigenvalue weighted by Crippen LogP contribution is -1.98. The third kappa shape index (κ3) is 2.10. The molecule has 122 valence electrons. The van der Waals surface area contributed by atoms with Gasteiger partial charge < -0.3 is 0 Å². The predicted octanol–water partition coefficient (Wildman–Crippen LogP) is 5.61. The highest BCUT2D eigenvalue weighted by Crippen LogP contribution is 2.43. The zero-order chi connectivity index (χ0) is 17.2. The molecule has 0 radical (unpaired) electrons. The molecule has 1 heterocycles. The van der Waals surface area contributed by atoms with Gasteiger partial charge in [-0.05, 0) is 22.2 Å². The molecule has 5 rings (SSSR count). The molecule has 0 saturated carbocycles. The largest absolute Gasteiger partial charge is 0.295 e. The summed E-state index contributed by atoms with van der Waals surface area (Å²) < 4.78 is 35.4. The summed E-state index contributed by atoms with van der Waals surface area (Å²) in [4.78, 5) is -0.0357. The first-order valence-electron chi connectivity index (χ1n) is 7.77. The summed E-state index contributed by atoms with van der Waals surface area (Å²) in [6.07, 6.45) is 0. The third-order valence-electron chi connectivity index (χ3n) is 4.61. The van der Waals surface area contributed by atoms with Crippen LogP contribution in [0, 0.1) is 0 Å². The topological polar surface area (TPSA) is 54.4 Å². The number of thiophene rings is 1. The van der Waals surface area contributed by atoms with E-state index in [0.717, 1.165) is 36.3 Å². The second kappa shape index (κ2) is 5.02. The molecule has 0 aliphatic rings. The van der Waals surface area contributed by atoms with Gasteiger partial charge in [0.25, 0.3) is 10.1 Å². The molecule has 0 aliphatic carbocycles. The van der Waals surface area contributed by atoms with E-state index in [1.54, 1.807) is 29.5 Å². The SMILES string of the molecule is O=S(=O)(O)c1cc2sc3c4ccccc4ccc3c2c2ccccc12. The lowest BCUT2D eigenvalue weighted by Gasteiger charge is -2.06. The molecule has 5 heteroatoms. The Morgan fingerprint density at radius 3 is 2.20 bits per heavy atom. The molecule has 0 fully saturated rings. The van der Waals surface area contributed by atoms with E-state index in [1.165, 1.54) is 0 Å². The van der Waals surface area contributed by atoms with Crippen LogP contribution in [0.1, 0.15) is 0 Å². The molecule has 1 aromatic heterocycles. The number of hydrogen-bond donors (Lipinski definition) is 1. The van der Waals surface area contributed by atoms with Crippen molar-refractivity contribution in [1.82, 2.24) is 0 Å². The molecule has 4 aromatic carbocycles. The van der Waals surface area contributed by atoms with Crippen LogP contribution in [0.3, 0.4) is 0 Å². The van der Waals surface area contributed by atoms with Crippen LogP contribution < -0.4 is 0 Å². The minimum Gasteiger partial charge on any atom is -0.282 e. The first-order chi connectivity index (χ1) is 12.0. The number of fused-ring (bicyclic) bond motifs is 7. The van der Waals surface area contributed by atoms with Crippen molar-refractivity contribution in [3.63, 3.8) is 0 Å². The fraction of sp³-hybridized carbons (Fsp3) is 0. The molecular weight excluding hydrogens is 352 g/mol. The first-order valence-corrected chi connectivity index (χ1v) is 10.0. The molecule has 1 N–H and O–H groups in total. The van der Waals surface area contributed by atoms with Gasteiger partial charge in [0, 0.05) is 25.6 Å². The second-order valence-electron chi connectivity index (χ2n) is 6.03. The van der Waals surface area contributed by atoms with Crippen LogP contribution in [0.5, 0.6) is 0 Å². The normalized spacial score (nSPS) is 12.5. The molecule has 0 spiro atoms. The number of benzene rings is 4. The van der Waals surface area contributed by atoms with Crippen molar-refractivity contribution in [3.05, 3.63) is 66.7 Å². The van der Waals surface area contributed by atoms with E-state index in [4.69, 9.17) is 0 Å². The van der Waals surface area contributed by atoms with Gasteiger partial charge in [-0.2, -0.15) is 8.42 Å². The number of rotatable bonds is 1. The van der Waals surface area contributed by atoms with Gasteiger partial charge >= 0.3 is 0 Å². The van der Waals surface area contributed by atoms with Crippen molar-refractivity contribution in [2.75, 3.05) is 0 Å². The van der Waals surface area contributed by atoms with Gasteiger partial charge in [0.2, 0.25) is 0 Å². The fourth-order valence-corrected chi connectivity index (χ4v) is 5.64. The Labute approximate surface area is 147 Å². The monoisotopic (exact) mass is 364 g/mol. The van der Waals surface area contributed by atoms with Gasteiger partial charge in [0.15, 0.2) is 0 Å². The summed E-state index contributed by atoms with van der Waals surface area (Å²) >= 11 is 1.56. The van der Waals surface area contributed by atoms with Crippen molar-refractivity contribution in [1.29, 1.82) is 0 Å². The van der Waals surface area contributed by atoms with Gasteiger partial charge in [-0.1, -0.05) is 60.7 Å². The van der Waals surface area contributed by atoms with Crippen LogP contribution >= 0.6 is 11.3 Å². The summed E-state index contributed by atoms with van der Waals surface area (Å²) in [6, 6.07) is 21.3. The Kier molecular flexibility index (Phi) is 2.98. The Balaban J connectivity index is 2.10. The highest BCUT2D eigenvalue weighted by molar-refractivity contribution is 7.86. The zero-order valence-electron chi connectivity index (χ0n) is 12.9. The Morgan fingerprint density at radius 2 is 1.44 bits per heavy atom. The number of hydrogen-bond acceptors (Lipinski definition) is 3. The van der Waals surface area contributed by atoms with Crippen molar-refractivity contribution in [2.24, 2.45) is 0 Å². The lowest BCUT2D eigenvalue weighted by atomic mass is 10.0. The highest BCUT2D eigenvalue weighted by atomic mass is 32.2. The van der Waals surface area contributed by atoms with Crippen molar-refractivity contribution in [3.8, 4) is 0 Å². The molecule has 0 aliphatic heterocycles. The van der Waals surface area contributed by atoms with Gasteiger partial charge in [-0.3, -0.25) is 4.55 Å². The van der Waals surface area contributed by atoms with Crippen LogP contribution in [0.4, 0.5) is 0 Å². The van der Waals surface area contributed by atoms with Gasteiger partial charge in [0.05, 0.1) is 0 Å². The fourth-order valence-electron chi connectivity index (χ4n) is 3.55. The van der Waals surface area contributed by atoms with E-state index in [0.29, 0.717) is 5.39 Å². The van der Waals surface area contributed by atoms with E-state index in [1.807, 2.05) is 24.3 Å². The average molecular weight is 364 g/mol. The highest BCUT2D eigenvalue weighted by Gasteiger charge is 2.19. The zero-order valence-corrected chi connectivity index (χ0v) is 14.6. The van der Waals surface area contributed by atoms with Crippen LogP contribution in [-0.2, 0) is 10.1 Å². The molecule has 0 unspecified atom stereocenters. The average Bonchev–Trinajstić information content (AvgIpc) is 2.99. The molecule has 0 bridgehead atoms. The standard InChI is InChI=1S/C20H12O3S2/c21-25(22,23)18-11-17-19(15-8-4-3-7-14(15)18)16-10-9-12-5-1-2-6-13(12)20(16)24-17/h1-11H,(H,21,22,23). The van der Waals surface area contributed by atoms with Gasteiger partial charge in [-0.15, -0.1) is 11.3 Å². The van der Waals surface area contributed by atoms with Crippen molar-refractivity contribution >= 4 is 63.2 Å². The van der Waals surface area contributed by atoms with Gasteiger partial charge in [0.1, 0.15) is 4.90 Å². The summed E-state index contributed by atoms with van der Waals surface area (Å²) in [5, 5.41) is 5.84. The summed E-state index contributed by atoms with van der Waals surface area (Å²) in [7, 11) is -4.29. The Hall–Kier alpha value is -2.47. The molecule has 0 amide bonds. The molecule has 0 saturated heterocycles. The van der Waals surface area contributed by atoms with Crippen LogP contribution in [0.15, 0.2) is 71.6 Å². The molecular formula is C20H12O3S2.